The summed E-state index contributed by atoms with van der Waals surface area (Å²) in [5, 5.41) is 9.94. The number of aromatic amines is 1. The minimum Gasteiger partial charge on any atom is -0.477 e. The van der Waals surface area contributed by atoms with E-state index in [1.54, 1.807) is 11.8 Å². The maximum atomic E-state index is 14.9. The van der Waals surface area contributed by atoms with Gasteiger partial charge in [0.1, 0.15) is 16.7 Å². The molecule has 0 spiro atoms. The number of aromatic nitrogens is 2. The van der Waals surface area contributed by atoms with Crippen molar-refractivity contribution in [3.05, 3.63) is 32.0 Å². The van der Waals surface area contributed by atoms with Gasteiger partial charge in [-0.25, -0.2) is 19.6 Å². The fourth-order valence-corrected chi connectivity index (χ4v) is 4.72. The number of rotatable bonds is 7. The molecule has 2 atom stereocenters. The highest BCUT2D eigenvalue weighted by Crippen LogP contribution is 2.34. The van der Waals surface area contributed by atoms with Gasteiger partial charge in [-0.2, -0.15) is 0 Å². The van der Waals surface area contributed by atoms with Crippen molar-refractivity contribution in [1.82, 2.24) is 15.4 Å². The van der Waals surface area contributed by atoms with Crippen molar-refractivity contribution < 1.29 is 28.7 Å². The number of hydrogen-bond acceptors (Lipinski definition) is 7. The molecule has 2 aromatic heterocycles. The lowest BCUT2D eigenvalue weighted by Gasteiger charge is -2.34. The molecule has 1 saturated heterocycles. The Kier molecular flexibility index (Phi) is 7.20. The topological polar surface area (TPSA) is 125 Å². The predicted molar refractivity (Wildman–Crippen MR) is 113 cm³/mol. The van der Waals surface area contributed by atoms with E-state index in [2.05, 4.69) is 14.8 Å². The molecule has 0 radical (unpaired) electrons. The normalized spacial score (nSPS) is 18.8. The first-order valence-corrected chi connectivity index (χ1v) is 10.7. The average Bonchev–Trinajstić information content (AvgIpc) is 3.27. The third-order valence-electron chi connectivity index (χ3n) is 4.95. The maximum absolute atomic E-state index is 14.9. The molecule has 0 aromatic carbocycles. The molecule has 1 fully saturated rings. The van der Waals surface area contributed by atoms with Crippen molar-refractivity contribution in [3.63, 3.8) is 0 Å². The average molecular weight is 493 g/mol. The number of ketones is 1. The Bertz CT molecular complexity index is 1030. The highest BCUT2D eigenvalue weighted by molar-refractivity contribution is 7.17. The van der Waals surface area contributed by atoms with Gasteiger partial charge in [-0.1, -0.05) is 34.5 Å². The molecule has 3 rings (SSSR count). The number of piperidine rings is 1. The molecular formula is C18H19Cl2FN4O5S. The number of alkyl halides is 1. The molecule has 1 amide bonds. The lowest BCUT2D eigenvalue weighted by molar-refractivity contribution is 0.0525. The van der Waals surface area contributed by atoms with E-state index in [0.29, 0.717) is 18.7 Å². The summed E-state index contributed by atoms with van der Waals surface area (Å²) < 4.78 is 14.9. The standard InChI is InChI=1S/C18H19Cl2FN4O5S/c1-7-11(19)12(20)13(22-7)10(26)5-8-3-4-25(6-9(8)21)18-23-14(16(27)24-30-2)15(31-18)17(28)29/h8-9,22H,3-6H2,1-2H3,(H,24,27)(H,28,29)/t8-,9-/m0/s1. The Morgan fingerprint density at radius 2 is 2.10 bits per heavy atom. The zero-order valence-electron chi connectivity index (χ0n) is 16.5. The van der Waals surface area contributed by atoms with Crippen LogP contribution < -0.4 is 10.4 Å². The van der Waals surface area contributed by atoms with Gasteiger partial charge >= 0.3 is 5.97 Å². The molecule has 9 nitrogen and oxygen atoms in total. The van der Waals surface area contributed by atoms with Crippen LogP contribution in [0.5, 0.6) is 0 Å². The van der Waals surface area contributed by atoms with Crippen molar-refractivity contribution in [1.29, 1.82) is 0 Å². The smallest absolute Gasteiger partial charge is 0.348 e. The monoisotopic (exact) mass is 492 g/mol. The number of hydroxylamine groups is 1. The Balaban J connectivity index is 1.70. The van der Waals surface area contributed by atoms with Gasteiger partial charge in [0.05, 0.1) is 23.7 Å². The van der Waals surface area contributed by atoms with E-state index in [-0.39, 0.29) is 50.2 Å². The summed E-state index contributed by atoms with van der Waals surface area (Å²) in [6, 6.07) is 0. The molecule has 0 bridgehead atoms. The van der Waals surface area contributed by atoms with Gasteiger partial charge in [-0.15, -0.1) is 0 Å². The zero-order valence-corrected chi connectivity index (χ0v) is 18.8. The Labute approximate surface area is 190 Å². The summed E-state index contributed by atoms with van der Waals surface area (Å²) in [7, 11) is 1.21. The molecule has 168 valence electrons. The highest BCUT2D eigenvalue weighted by Gasteiger charge is 2.34. The second-order valence-electron chi connectivity index (χ2n) is 7.01. The van der Waals surface area contributed by atoms with E-state index < -0.39 is 24.0 Å². The van der Waals surface area contributed by atoms with Gasteiger partial charge in [0.2, 0.25) is 0 Å². The molecular weight excluding hydrogens is 474 g/mol. The van der Waals surface area contributed by atoms with Gasteiger partial charge in [0.25, 0.3) is 5.91 Å². The molecule has 1 aliphatic heterocycles. The number of aryl methyl sites for hydroxylation is 1. The number of carbonyl (C=O) groups excluding carboxylic acids is 2. The second-order valence-corrected chi connectivity index (χ2v) is 8.74. The molecule has 13 heteroatoms. The van der Waals surface area contributed by atoms with Gasteiger partial charge < -0.3 is 15.0 Å². The van der Waals surface area contributed by atoms with Crippen LogP contribution in [0.1, 0.15) is 49.2 Å². The summed E-state index contributed by atoms with van der Waals surface area (Å²) in [6.45, 7) is 1.94. The largest absolute Gasteiger partial charge is 0.477 e. The lowest BCUT2D eigenvalue weighted by Crippen LogP contribution is -2.42. The van der Waals surface area contributed by atoms with Gasteiger partial charge in [0.15, 0.2) is 16.6 Å². The quantitative estimate of drug-likeness (QED) is 0.398. The van der Waals surface area contributed by atoms with Crippen LogP contribution in [0.15, 0.2) is 0 Å². The summed E-state index contributed by atoms with van der Waals surface area (Å²) in [5.41, 5.74) is 2.44. The van der Waals surface area contributed by atoms with Crippen molar-refractivity contribution >= 4 is 57.3 Å². The summed E-state index contributed by atoms with van der Waals surface area (Å²) in [6.07, 6.45) is -1.08. The fourth-order valence-electron chi connectivity index (χ4n) is 3.34. The first kappa shape index (κ1) is 23.5. The van der Waals surface area contributed by atoms with E-state index in [0.717, 1.165) is 11.3 Å². The summed E-state index contributed by atoms with van der Waals surface area (Å²) >= 11 is 12.9. The number of carboxylic acid groups (broad SMARTS) is 1. The van der Waals surface area contributed by atoms with Crippen molar-refractivity contribution in [2.45, 2.75) is 25.9 Å². The molecule has 0 saturated carbocycles. The van der Waals surface area contributed by atoms with Gasteiger partial charge in [0, 0.05) is 24.6 Å². The molecule has 2 aromatic rings. The molecule has 0 aliphatic carbocycles. The van der Waals surface area contributed by atoms with Gasteiger partial charge in [-0.3, -0.25) is 14.4 Å². The second kappa shape index (κ2) is 9.51. The number of hydrogen-bond donors (Lipinski definition) is 3. The Morgan fingerprint density at radius 1 is 1.39 bits per heavy atom. The van der Waals surface area contributed by atoms with Crippen LogP contribution in [0, 0.1) is 12.8 Å². The SMILES string of the molecule is CONC(=O)c1nc(N2CC[C@@H](CC(=O)c3[nH]c(C)c(Cl)c3Cl)[C@@H](F)C2)sc1C(=O)O. The van der Waals surface area contributed by atoms with E-state index in [4.69, 9.17) is 23.2 Å². The van der Waals surface area contributed by atoms with Crippen LogP contribution >= 0.6 is 34.5 Å². The number of amides is 1. The first-order chi connectivity index (χ1) is 14.6. The van der Waals surface area contributed by atoms with Crippen LogP contribution in [0.3, 0.4) is 0 Å². The maximum Gasteiger partial charge on any atom is 0.348 e. The van der Waals surface area contributed by atoms with Crippen molar-refractivity contribution in [2.24, 2.45) is 5.92 Å². The molecule has 3 N–H and O–H groups in total. The number of nitrogens with one attached hydrogen (secondary N) is 2. The number of Topliss-reactive ketones (excluding diaryl/α,β-unsaturated/α-hetero) is 1. The van der Waals surface area contributed by atoms with Crippen LogP contribution in [-0.4, -0.2) is 59.1 Å². The molecule has 31 heavy (non-hydrogen) atoms. The van der Waals surface area contributed by atoms with Crippen LogP contribution in [0.25, 0.3) is 0 Å². The predicted octanol–water partition coefficient (Wildman–Crippen LogP) is 3.51. The number of H-pyrrole nitrogens is 1. The van der Waals surface area contributed by atoms with E-state index in [9.17, 15) is 23.9 Å². The number of carboxylic acids is 1. The molecule has 0 unspecified atom stereocenters. The summed E-state index contributed by atoms with van der Waals surface area (Å²) in [5.74, 6) is -3.00. The Hall–Kier alpha value is -2.21. The van der Waals surface area contributed by atoms with Crippen LogP contribution in [0.4, 0.5) is 9.52 Å². The minimum absolute atomic E-state index is 0.0508. The van der Waals surface area contributed by atoms with Crippen molar-refractivity contribution in [3.8, 4) is 0 Å². The van der Waals surface area contributed by atoms with Crippen molar-refractivity contribution in [2.75, 3.05) is 25.1 Å². The highest BCUT2D eigenvalue weighted by atomic mass is 35.5. The number of nitrogens with zero attached hydrogens (tertiary/aromatic N) is 2. The van der Waals surface area contributed by atoms with Gasteiger partial charge in [-0.05, 0) is 13.3 Å². The first-order valence-electron chi connectivity index (χ1n) is 9.17. The zero-order chi connectivity index (χ0) is 22.9. The third kappa shape index (κ3) is 4.84. The fraction of sp³-hybridized carbons (Fsp3) is 0.444. The molecule has 3 heterocycles. The summed E-state index contributed by atoms with van der Waals surface area (Å²) in [4.78, 5) is 48.7. The van der Waals surface area contributed by atoms with Crippen LogP contribution in [0.2, 0.25) is 10.0 Å². The number of carbonyl (C=O) groups is 3. The lowest BCUT2D eigenvalue weighted by atomic mass is 9.89. The molecule has 1 aliphatic rings. The third-order valence-corrected chi connectivity index (χ3v) is 7.00. The van der Waals surface area contributed by atoms with E-state index in [1.165, 1.54) is 7.11 Å². The number of anilines is 1. The number of aromatic carboxylic acids is 1. The Morgan fingerprint density at radius 3 is 2.65 bits per heavy atom. The number of thiazole rings is 1. The van der Waals surface area contributed by atoms with Crippen LogP contribution in [-0.2, 0) is 4.84 Å². The van der Waals surface area contributed by atoms with E-state index in [1.807, 2.05) is 5.48 Å². The van der Waals surface area contributed by atoms with E-state index >= 15 is 0 Å². The minimum atomic E-state index is -1.36. The number of halogens is 3.